The maximum atomic E-state index is 13.1. The fourth-order valence-electron chi connectivity index (χ4n) is 2.57. The van der Waals surface area contributed by atoms with E-state index in [1.54, 1.807) is 0 Å². The smallest absolute Gasteiger partial charge is 0.270 e. The van der Waals surface area contributed by atoms with Gasteiger partial charge in [0.1, 0.15) is 11.5 Å². The molecule has 0 aliphatic rings. The van der Waals surface area contributed by atoms with Gasteiger partial charge in [0.15, 0.2) is 0 Å². The van der Waals surface area contributed by atoms with Gasteiger partial charge in [-0.1, -0.05) is 6.07 Å². The van der Waals surface area contributed by atoms with E-state index in [1.807, 2.05) is 0 Å². The van der Waals surface area contributed by atoms with Crippen LogP contribution in [0, 0.1) is 15.9 Å². The highest BCUT2D eigenvalue weighted by atomic mass is 32.2. The number of amides is 1. The lowest BCUT2D eigenvalue weighted by Crippen LogP contribution is -2.35. The first-order valence-electron chi connectivity index (χ1n) is 8.58. The van der Waals surface area contributed by atoms with Gasteiger partial charge in [0.05, 0.1) is 22.3 Å². The Morgan fingerprint density at radius 2 is 1.90 bits per heavy atom. The van der Waals surface area contributed by atoms with Crippen LogP contribution in [0.4, 0.5) is 10.1 Å². The molecule has 0 bridgehead atoms. The van der Waals surface area contributed by atoms with Crippen molar-refractivity contribution in [1.29, 1.82) is 0 Å². The van der Waals surface area contributed by atoms with Gasteiger partial charge in [0.2, 0.25) is 10.0 Å². The minimum absolute atomic E-state index is 0.0401. The Morgan fingerprint density at radius 1 is 1.17 bits per heavy atom. The third kappa shape index (κ3) is 4.85. The molecule has 0 saturated heterocycles. The maximum Gasteiger partial charge on any atom is 0.270 e. The second kappa shape index (κ2) is 8.80. The lowest BCUT2D eigenvalue weighted by molar-refractivity contribution is -0.385. The van der Waals surface area contributed by atoms with Gasteiger partial charge < -0.3 is 5.32 Å². The summed E-state index contributed by atoms with van der Waals surface area (Å²) in [6, 6.07) is 10.1. The quantitative estimate of drug-likeness (QED) is 0.315. The number of rotatable bonds is 8. The van der Waals surface area contributed by atoms with E-state index in [0.29, 0.717) is 5.69 Å². The lowest BCUT2D eigenvalue weighted by Gasteiger charge is -2.10. The normalized spacial score (nSPS) is 11.2. The van der Waals surface area contributed by atoms with Gasteiger partial charge in [0, 0.05) is 30.9 Å². The number of nitro groups is 1. The second-order valence-corrected chi connectivity index (χ2v) is 7.80. The van der Waals surface area contributed by atoms with Gasteiger partial charge in [-0.05, 0) is 30.3 Å². The van der Waals surface area contributed by atoms with E-state index in [1.165, 1.54) is 59.6 Å². The van der Waals surface area contributed by atoms with Crippen LogP contribution in [0.2, 0.25) is 0 Å². The zero-order chi connectivity index (χ0) is 21.7. The van der Waals surface area contributed by atoms with E-state index in [4.69, 9.17) is 0 Å². The number of sulfonamides is 1. The number of hydrogen-bond donors (Lipinski definition) is 2. The summed E-state index contributed by atoms with van der Waals surface area (Å²) < 4.78 is 41.3. The summed E-state index contributed by atoms with van der Waals surface area (Å²) >= 11 is 0. The van der Waals surface area contributed by atoms with Crippen molar-refractivity contribution in [3.63, 3.8) is 0 Å². The molecule has 0 aliphatic carbocycles. The molecule has 0 unspecified atom stereocenters. The predicted molar refractivity (Wildman–Crippen MR) is 104 cm³/mol. The number of non-ortho nitro benzene ring substituents is 1. The molecular weight excluding hydrogens is 417 g/mol. The molecule has 1 aromatic heterocycles. The van der Waals surface area contributed by atoms with Gasteiger partial charge in [-0.25, -0.2) is 22.5 Å². The van der Waals surface area contributed by atoms with E-state index < -0.39 is 26.7 Å². The second-order valence-electron chi connectivity index (χ2n) is 6.03. The van der Waals surface area contributed by atoms with Crippen LogP contribution < -0.4 is 10.0 Å². The average Bonchev–Trinajstić information content (AvgIpc) is 3.21. The molecule has 0 spiro atoms. The minimum atomic E-state index is -3.98. The van der Waals surface area contributed by atoms with Crippen molar-refractivity contribution in [3.05, 3.63) is 82.7 Å². The van der Waals surface area contributed by atoms with Crippen molar-refractivity contribution in [2.75, 3.05) is 13.1 Å². The third-order valence-corrected chi connectivity index (χ3v) is 5.48. The van der Waals surface area contributed by atoms with Crippen molar-refractivity contribution in [3.8, 4) is 5.69 Å². The van der Waals surface area contributed by atoms with Crippen LogP contribution in [0.25, 0.3) is 5.69 Å². The molecule has 0 atom stereocenters. The van der Waals surface area contributed by atoms with Crippen LogP contribution in [0.1, 0.15) is 10.5 Å². The van der Waals surface area contributed by atoms with Crippen LogP contribution in [0.5, 0.6) is 0 Å². The molecule has 1 amide bonds. The molecule has 0 saturated carbocycles. The van der Waals surface area contributed by atoms with Crippen molar-refractivity contribution >= 4 is 21.6 Å². The molecule has 12 heteroatoms. The van der Waals surface area contributed by atoms with E-state index in [2.05, 4.69) is 15.0 Å². The van der Waals surface area contributed by atoms with Gasteiger partial charge in [-0.15, -0.1) is 0 Å². The zero-order valence-corrected chi connectivity index (χ0v) is 16.2. The van der Waals surface area contributed by atoms with Gasteiger partial charge >= 0.3 is 0 Å². The Kier molecular flexibility index (Phi) is 6.18. The van der Waals surface area contributed by atoms with E-state index >= 15 is 0 Å². The highest BCUT2D eigenvalue weighted by molar-refractivity contribution is 7.89. The number of carbonyl (C=O) groups is 1. The highest BCUT2D eigenvalue weighted by Gasteiger charge is 2.18. The number of imidazole rings is 1. The van der Waals surface area contributed by atoms with Crippen LogP contribution in [0.3, 0.4) is 0 Å². The predicted octanol–water partition coefficient (Wildman–Crippen LogP) is 1.63. The molecule has 0 aliphatic heterocycles. The van der Waals surface area contributed by atoms with Crippen molar-refractivity contribution in [2.45, 2.75) is 4.90 Å². The van der Waals surface area contributed by atoms with Crippen LogP contribution in [-0.2, 0) is 10.0 Å². The Morgan fingerprint density at radius 3 is 2.60 bits per heavy atom. The minimum Gasteiger partial charge on any atom is -0.349 e. The summed E-state index contributed by atoms with van der Waals surface area (Å²) in [4.78, 5) is 26.1. The van der Waals surface area contributed by atoms with E-state index in [-0.39, 0.29) is 29.4 Å². The number of nitrogens with zero attached hydrogens (tertiary/aromatic N) is 3. The number of carbonyl (C=O) groups excluding carboxylic acids is 1. The molecule has 3 rings (SSSR count). The summed E-state index contributed by atoms with van der Waals surface area (Å²) in [5.41, 5.74) is 0.369. The number of hydrogen-bond acceptors (Lipinski definition) is 6. The van der Waals surface area contributed by atoms with Crippen molar-refractivity contribution in [2.24, 2.45) is 0 Å². The molecule has 1 heterocycles. The largest absolute Gasteiger partial charge is 0.349 e. The number of nitrogens with one attached hydrogen (secondary N) is 2. The topological polar surface area (TPSA) is 136 Å². The van der Waals surface area contributed by atoms with E-state index in [9.17, 15) is 27.7 Å². The first-order valence-corrected chi connectivity index (χ1v) is 10.1. The Bertz CT molecular complexity index is 1180. The first-order chi connectivity index (χ1) is 14.3. The molecule has 3 aromatic rings. The Hall–Kier alpha value is -3.64. The molecule has 10 nitrogen and oxygen atoms in total. The fraction of sp³-hybridized carbons (Fsp3) is 0.111. The molecule has 2 N–H and O–H groups in total. The van der Waals surface area contributed by atoms with Crippen molar-refractivity contribution in [1.82, 2.24) is 19.6 Å². The van der Waals surface area contributed by atoms with Crippen LogP contribution >= 0.6 is 0 Å². The summed E-state index contributed by atoms with van der Waals surface area (Å²) in [5.74, 6) is -0.924. The SMILES string of the molecule is O=C(NCCNS(=O)(=O)c1cccc([N+](=O)[O-])c1)c1cncn1-c1ccc(F)cc1. The molecule has 2 aromatic carbocycles. The Balaban J connectivity index is 1.59. The summed E-state index contributed by atoms with van der Waals surface area (Å²) in [7, 11) is -3.98. The van der Waals surface area contributed by atoms with Crippen LogP contribution in [-0.4, -0.2) is 41.9 Å². The molecule has 30 heavy (non-hydrogen) atoms. The maximum absolute atomic E-state index is 13.1. The standard InChI is InChI=1S/C18H16FN5O5S/c19-13-4-6-14(7-5-13)23-12-20-11-17(23)18(25)21-8-9-22-30(28,29)16-3-1-2-15(10-16)24(26)27/h1-7,10-12,22H,8-9H2,(H,21,25). The van der Waals surface area contributed by atoms with Gasteiger partial charge in [-0.3, -0.25) is 19.5 Å². The van der Waals surface area contributed by atoms with E-state index in [0.717, 1.165) is 6.07 Å². The highest BCUT2D eigenvalue weighted by Crippen LogP contribution is 2.17. The fourth-order valence-corrected chi connectivity index (χ4v) is 3.64. The van der Waals surface area contributed by atoms with Gasteiger partial charge in [-0.2, -0.15) is 0 Å². The number of halogens is 1. The first kappa shape index (κ1) is 21.1. The third-order valence-electron chi connectivity index (χ3n) is 4.02. The Labute approximate surface area is 170 Å². The van der Waals surface area contributed by atoms with Gasteiger partial charge in [0.25, 0.3) is 11.6 Å². The number of nitro benzene ring substituents is 1. The summed E-state index contributed by atoms with van der Waals surface area (Å²) in [5, 5.41) is 13.3. The molecule has 0 fully saturated rings. The number of benzene rings is 2. The van der Waals surface area contributed by atoms with Crippen LogP contribution in [0.15, 0.2) is 66.0 Å². The molecular formula is C18H16FN5O5S. The van der Waals surface area contributed by atoms with Crippen molar-refractivity contribution < 1.29 is 22.5 Å². The average molecular weight is 433 g/mol. The molecule has 0 radical (unpaired) electrons. The lowest BCUT2D eigenvalue weighted by atomic mass is 10.3. The monoisotopic (exact) mass is 433 g/mol. The summed E-state index contributed by atoms with van der Waals surface area (Å²) in [6.07, 6.45) is 2.72. The molecule has 156 valence electrons. The summed E-state index contributed by atoms with van der Waals surface area (Å²) in [6.45, 7) is -0.178. The zero-order valence-electron chi connectivity index (χ0n) is 15.4. The number of aromatic nitrogens is 2.